The number of rotatable bonds is 9. The summed E-state index contributed by atoms with van der Waals surface area (Å²) in [6.45, 7) is 11.6. The van der Waals surface area contributed by atoms with Gasteiger partial charge in [0.1, 0.15) is 5.75 Å². The largest absolute Gasteiger partial charge is 0.465 e. The van der Waals surface area contributed by atoms with Gasteiger partial charge >= 0.3 is 0 Å². The molecule has 2 atom stereocenters. The van der Waals surface area contributed by atoms with Crippen molar-refractivity contribution in [2.75, 3.05) is 6.61 Å². The first-order chi connectivity index (χ1) is 9.60. The highest BCUT2D eigenvalue weighted by atomic mass is 16.7. The van der Waals surface area contributed by atoms with E-state index in [-0.39, 0.29) is 6.29 Å². The van der Waals surface area contributed by atoms with Crippen LogP contribution in [0.1, 0.15) is 65.4 Å². The summed E-state index contributed by atoms with van der Waals surface area (Å²) in [5, 5.41) is 0. The predicted octanol–water partition coefficient (Wildman–Crippen LogP) is 5.38. The van der Waals surface area contributed by atoms with Crippen molar-refractivity contribution in [3.05, 3.63) is 29.8 Å². The molecular formula is C18H30O2. The molecule has 114 valence electrons. The molecule has 0 aromatic heterocycles. The summed E-state index contributed by atoms with van der Waals surface area (Å²) in [6, 6.07) is 8.54. The fraction of sp³-hybridized carbons (Fsp3) is 0.667. The minimum Gasteiger partial charge on any atom is -0.465 e. The summed E-state index contributed by atoms with van der Waals surface area (Å²) >= 11 is 0. The van der Waals surface area contributed by atoms with E-state index in [0.29, 0.717) is 12.5 Å². The molecule has 0 saturated carbocycles. The Bertz CT molecular complexity index is 356. The zero-order valence-electron chi connectivity index (χ0n) is 13.7. The lowest BCUT2D eigenvalue weighted by molar-refractivity contribution is -0.0766. The summed E-state index contributed by atoms with van der Waals surface area (Å²) in [5.74, 6) is 2.28. The maximum absolute atomic E-state index is 5.83. The van der Waals surface area contributed by atoms with Gasteiger partial charge in [0.15, 0.2) is 6.29 Å². The van der Waals surface area contributed by atoms with Crippen molar-refractivity contribution >= 4 is 0 Å². The van der Waals surface area contributed by atoms with Gasteiger partial charge in [0.2, 0.25) is 0 Å². The average molecular weight is 278 g/mol. The van der Waals surface area contributed by atoms with Crippen LogP contribution in [0.3, 0.4) is 0 Å². The number of hydrogen-bond acceptors (Lipinski definition) is 2. The van der Waals surface area contributed by atoms with Crippen LogP contribution >= 0.6 is 0 Å². The lowest BCUT2D eigenvalue weighted by atomic mass is 9.88. The molecule has 0 saturated heterocycles. The molecule has 0 N–H and O–H groups in total. The Hall–Kier alpha value is -1.02. The lowest BCUT2D eigenvalue weighted by Gasteiger charge is -2.20. The van der Waals surface area contributed by atoms with Crippen LogP contribution in [0.5, 0.6) is 5.75 Å². The van der Waals surface area contributed by atoms with Crippen LogP contribution in [0.25, 0.3) is 0 Å². The van der Waals surface area contributed by atoms with Crippen LogP contribution in [0.4, 0.5) is 0 Å². The first-order valence-electron chi connectivity index (χ1n) is 7.98. The molecule has 2 unspecified atom stereocenters. The van der Waals surface area contributed by atoms with Gasteiger partial charge in [-0.15, -0.1) is 0 Å². The molecule has 0 aliphatic heterocycles. The van der Waals surface area contributed by atoms with Crippen LogP contribution in [-0.2, 0) is 4.74 Å². The summed E-state index contributed by atoms with van der Waals surface area (Å²) in [7, 11) is 0. The van der Waals surface area contributed by atoms with E-state index in [9.17, 15) is 0 Å². The highest BCUT2D eigenvalue weighted by Crippen LogP contribution is 2.28. The van der Waals surface area contributed by atoms with Crippen LogP contribution in [-0.4, -0.2) is 12.9 Å². The summed E-state index contributed by atoms with van der Waals surface area (Å²) < 4.78 is 11.4. The normalized spacial score (nSPS) is 14.3. The second kappa shape index (κ2) is 9.02. The van der Waals surface area contributed by atoms with Gasteiger partial charge in [-0.1, -0.05) is 39.8 Å². The van der Waals surface area contributed by atoms with E-state index in [1.165, 1.54) is 18.4 Å². The topological polar surface area (TPSA) is 18.5 Å². The highest BCUT2D eigenvalue weighted by Gasteiger charge is 2.12. The van der Waals surface area contributed by atoms with Gasteiger partial charge in [-0.25, -0.2) is 0 Å². The summed E-state index contributed by atoms with van der Waals surface area (Å²) in [4.78, 5) is 0. The smallest absolute Gasteiger partial charge is 0.199 e. The Balaban J connectivity index is 2.67. The second-order valence-corrected chi connectivity index (χ2v) is 5.71. The Kier molecular flexibility index (Phi) is 7.68. The standard InChI is InChI=1S/C18H30O2/c1-6-15(13-14(4)5)16-9-11-17(12-10-16)20-18(7-2)19-8-3/h9-12,14-15,18H,6-8,13H2,1-5H3. The molecule has 0 bridgehead atoms. The van der Waals surface area contributed by atoms with Crippen molar-refractivity contribution in [2.24, 2.45) is 5.92 Å². The van der Waals surface area contributed by atoms with Crippen molar-refractivity contribution in [1.29, 1.82) is 0 Å². The molecule has 1 aromatic rings. The van der Waals surface area contributed by atoms with Gasteiger partial charge in [0, 0.05) is 13.0 Å². The van der Waals surface area contributed by atoms with E-state index in [2.05, 4.69) is 52.0 Å². The van der Waals surface area contributed by atoms with E-state index in [1.54, 1.807) is 0 Å². The predicted molar refractivity (Wildman–Crippen MR) is 85.3 cm³/mol. The molecule has 0 radical (unpaired) electrons. The maximum Gasteiger partial charge on any atom is 0.199 e. The van der Waals surface area contributed by atoms with Gasteiger partial charge in [0.25, 0.3) is 0 Å². The minimum atomic E-state index is -0.136. The van der Waals surface area contributed by atoms with Crippen molar-refractivity contribution in [3.63, 3.8) is 0 Å². The Morgan fingerprint density at radius 3 is 2.05 bits per heavy atom. The molecule has 0 fully saturated rings. The fourth-order valence-corrected chi connectivity index (χ4v) is 2.50. The molecule has 2 nitrogen and oxygen atoms in total. The van der Waals surface area contributed by atoms with Gasteiger partial charge in [-0.2, -0.15) is 0 Å². The molecular weight excluding hydrogens is 248 g/mol. The van der Waals surface area contributed by atoms with E-state index in [4.69, 9.17) is 9.47 Å². The molecule has 0 aliphatic rings. The minimum absolute atomic E-state index is 0.136. The molecule has 2 heteroatoms. The lowest BCUT2D eigenvalue weighted by Crippen LogP contribution is -2.19. The van der Waals surface area contributed by atoms with Crippen molar-refractivity contribution in [2.45, 2.75) is 66.1 Å². The van der Waals surface area contributed by atoms with Crippen LogP contribution in [0.2, 0.25) is 0 Å². The third kappa shape index (κ3) is 5.54. The third-order valence-corrected chi connectivity index (χ3v) is 3.55. The zero-order valence-corrected chi connectivity index (χ0v) is 13.7. The number of benzene rings is 1. The molecule has 0 amide bonds. The van der Waals surface area contributed by atoms with Crippen LogP contribution in [0.15, 0.2) is 24.3 Å². The SMILES string of the molecule is CCOC(CC)Oc1ccc(C(CC)CC(C)C)cc1. The van der Waals surface area contributed by atoms with E-state index in [1.807, 2.05) is 6.92 Å². The Labute approximate surface area is 124 Å². The van der Waals surface area contributed by atoms with Gasteiger partial charge in [-0.05, 0) is 49.3 Å². The van der Waals surface area contributed by atoms with Gasteiger partial charge < -0.3 is 9.47 Å². The van der Waals surface area contributed by atoms with Crippen molar-refractivity contribution in [3.8, 4) is 5.75 Å². The van der Waals surface area contributed by atoms with Gasteiger partial charge in [-0.3, -0.25) is 0 Å². The fourth-order valence-electron chi connectivity index (χ4n) is 2.50. The molecule has 1 rings (SSSR count). The van der Waals surface area contributed by atoms with Crippen molar-refractivity contribution in [1.82, 2.24) is 0 Å². The van der Waals surface area contributed by atoms with Crippen molar-refractivity contribution < 1.29 is 9.47 Å². The van der Waals surface area contributed by atoms with E-state index in [0.717, 1.165) is 18.1 Å². The van der Waals surface area contributed by atoms with E-state index < -0.39 is 0 Å². The van der Waals surface area contributed by atoms with Gasteiger partial charge in [0.05, 0.1) is 0 Å². The molecule has 20 heavy (non-hydrogen) atoms. The zero-order chi connectivity index (χ0) is 15.0. The Morgan fingerprint density at radius 1 is 0.950 bits per heavy atom. The van der Waals surface area contributed by atoms with Crippen LogP contribution in [0, 0.1) is 5.92 Å². The molecule has 0 spiro atoms. The summed E-state index contributed by atoms with van der Waals surface area (Å²) in [5.41, 5.74) is 1.41. The highest BCUT2D eigenvalue weighted by molar-refractivity contribution is 5.29. The molecule has 1 aromatic carbocycles. The number of hydrogen-bond donors (Lipinski definition) is 0. The van der Waals surface area contributed by atoms with E-state index >= 15 is 0 Å². The maximum atomic E-state index is 5.83. The third-order valence-electron chi connectivity index (χ3n) is 3.55. The quantitative estimate of drug-likeness (QED) is 0.565. The van der Waals surface area contributed by atoms with Crippen LogP contribution < -0.4 is 4.74 Å². The Morgan fingerprint density at radius 2 is 1.60 bits per heavy atom. The molecule has 0 aliphatic carbocycles. The first-order valence-corrected chi connectivity index (χ1v) is 7.98. The first kappa shape index (κ1) is 17.0. The molecule has 0 heterocycles. The average Bonchev–Trinajstić information content (AvgIpc) is 2.45. The monoisotopic (exact) mass is 278 g/mol. The number of ether oxygens (including phenoxy) is 2. The summed E-state index contributed by atoms with van der Waals surface area (Å²) in [6.07, 6.45) is 3.16. The second-order valence-electron chi connectivity index (χ2n) is 5.71.